The number of nitrogens with zero attached hydrogens (tertiary/aromatic N) is 2. The molecule has 1 rings (SSSR count). The molecule has 1 fully saturated rings. The van der Waals surface area contributed by atoms with Crippen LogP contribution in [0.2, 0.25) is 0 Å². The summed E-state index contributed by atoms with van der Waals surface area (Å²) in [6.45, 7) is 10.5. The van der Waals surface area contributed by atoms with Gasteiger partial charge in [0.05, 0.1) is 12.6 Å². The number of rotatable bonds is 3. The van der Waals surface area contributed by atoms with Crippen LogP contribution in [0.3, 0.4) is 0 Å². The maximum absolute atomic E-state index is 5.64. The molecule has 0 saturated carbocycles. The van der Waals surface area contributed by atoms with Gasteiger partial charge in [0.15, 0.2) is 0 Å². The first-order valence-electron chi connectivity index (χ1n) is 6.79. The van der Waals surface area contributed by atoms with E-state index in [4.69, 9.17) is 10.6 Å². The zero-order valence-corrected chi connectivity index (χ0v) is 12.3. The minimum Gasteiger partial charge on any atom is -0.382 e. The van der Waals surface area contributed by atoms with Crippen molar-refractivity contribution in [3.05, 3.63) is 0 Å². The second-order valence-electron chi connectivity index (χ2n) is 5.61. The molecule has 4 unspecified atom stereocenters. The third kappa shape index (κ3) is 3.85. The summed E-state index contributed by atoms with van der Waals surface area (Å²) in [5.41, 5.74) is 2.75. The number of hydrazine groups is 1. The Hall–Kier alpha value is -0.810. The van der Waals surface area contributed by atoms with Crippen LogP contribution >= 0.6 is 0 Å². The fourth-order valence-electron chi connectivity index (χ4n) is 2.68. The molecular formula is C13H28N4O. The highest BCUT2D eigenvalue weighted by atomic mass is 16.5. The first-order chi connectivity index (χ1) is 8.49. The van der Waals surface area contributed by atoms with E-state index in [0.29, 0.717) is 24.5 Å². The van der Waals surface area contributed by atoms with E-state index >= 15 is 0 Å². The first kappa shape index (κ1) is 15.2. The predicted molar refractivity (Wildman–Crippen MR) is 75.2 cm³/mol. The summed E-state index contributed by atoms with van der Waals surface area (Å²) in [6.07, 6.45) is 1.27. The van der Waals surface area contributed by atoms with Crippen LogP contribution in [0, 0.1) is 11.8 Å². The van der Waals surface area contributed by atoms with Crippen LogP contribution in [-0.4, -0.2) is 43.2 Å². The highest BCUT2D eigenvalue weighted by molar-refractivity contribution is 5.80. The van der Waals surface area contributed by atoms with Crippen molar-refractivity contribution in [2.75, 3.05) is 20.3 Å². The van der Waals surface area contributed by atoms with Crippen molar-refractivity contribution in [3.63, 3.8) is 0 Å². The van der Waals surface area contributed by atoms with E-state index in [0.717, 1.165) is 12.5 Å². The predicted octanol–water partition coefficient (Wildman–Crippen LogP) is 1.21. The van der Waals surface area contributed by atoms with Crippen molar-refractivity contribution in [2.45, 2.75) is 46.2 Å². The Morgan fingerprint density at radius 1 is 1.50 bits per heavy atom. The Bertz CT molecular complexity index is 282. The van der Waals surface area contributed by atoms with E-state index in [-0.39, 0.29) is 6.04 Å². The molecule has 4 atom stereocenters. The molecule has 0 amide bonds. The molecule has 0 aromatic heterocycles. The zero-order chi connectivity index (χ0) is 13.7. The zero-order valence-electron chi connectivity index (χ0n) is 12.3. The smallest absolute Gasteiger partial charge is 0.209 e. The third-order valence-corrected chi connectivity index (χ3v) is 3.75. The molecule has 0 aromatic rings. The average Bonchev–Trinajstić information content (AvgIpc) is 2.31. The van der Waals surface area contributed by atoms with E-state index in [1.54, 1.807) is 7.11 Å². The Kier molecular flexibility index (Phi) is 5.88. The van der Waals surface area contributed by atoms with E-state index in [1.165, 1.54) is 6.42 Å². The number of likely N-dealkylation sites (tertiary alicyclic amines) is 1. The van der Waals surface area contributed by atoms with Crippen molar-refractivity contribution < 1.29 is 4.74 Å². The van der Waals surface area contributed by atoms with Crippen molar-refractivity contribution in [2.24, 2.45) is 22.7 Å². The Morgan fingerprint density at radius 3 is 2.72 bits per heavy atom. The SMILES string of the molecule is COCC(C)N=C(NN)N1CC(C)CC(C)C1C. The quantitative estimate of drug-likeness (QED) is 0.345. The summed E-state index contributed by atoms with van der Waals surface area (Å²) in [5, 5.41) is 0. The number of guanidine groups is 1. The molecule has 0 spiro atoms. The standard InChI is InChI=1S/C13H28N4O/c1-9-6-10(2)12(4)17(7-9)13(16-14)15-11(3)8-18-5/h9-12H,6-8,14H2,1-5H3,(H,15,16). The van der Waals surface area contributed by atoms with Crippen LogP contribution in [0.25, 0.3) is 0 Å². The van der Waals surface area contributed by atoms with Gasteiger partial charge < -0.3 is 9.64 Å². The van der Waals surface area contributed by atoms with Crippen LogP contribution in [0.5, 0.6) is 0 Å². The number of nitrogens with two attached hydrogens (primary N) is 1. The Morgan fingerprint density at radius 2 is 2.17 bits per heavy atom. The third-order valence-electron chi connectivity index (χ3n) is 3.75. The molecular weight excluding hydrogens is 228 g/mol. The number of hydrogen-bond acceptors (Lipinski definition) is 3. The minimum atomic E-state index is 0.112. The second-order valence-corrected chi connectivity index (χ2v) is 5.61. The monoisotopic (exact) mass is 256 g/mol. The molecule has 0 aliphatic carbocycles. The van der Waals surface area contributed by atoms with Gasteiger partial charge in [-0.05, 0) is 32.1 Å². The lowest BCUT2D eigenvalue weighted by Gasteiger charge is -2.42. The van der Waals surface area contributed by atoms with Gasteiger partial charge in [-0.3, -0.25) is 5.43 Å². The summed E-state index contributed by atoms with van der Waals surface area (Å²) in [4.78, 5) is 6.89. The summed E-state index contributed by atoms with van der Waals surface area (Å²) in [5.74, 6) is 7.75. The molecule has 5 heteroatoms. The molecule has 18 heavy (non-hydrogen) atoms. The topological polar surface area (TPSA) is 62.9 Å². The lowest BCUT2D eigenvalue weighted by Crippen LogP contribution is -2.55. The second kappa shape index (κ2) is 6.95. The van der Waals surface area contributed by atoms with Crippen LogP contribution < -0.4 is 11.3 Å². The van der Waals surface area contributed by atoms with Gasteiger partial charge in [-0.1, -0.05) is 13.8 Å². The van der Waals surface area contributed by atoms with Crippen LogP contribution in [0.15, 0.2) is 4.99 Å². The maximum atomic E-state index is 5.64. The molecule has 5 nitrogen and oxygen atoms in total. The molecule has 106 valence electrons. The maximum Gasteiger partial charge on any atom is 0.209 e. The molecule has 0 bridgehead atoms. The summed E-state index contributed by atoms with van der Waals surface area (Å²) < 4.78 is 5.11. The van der Waals surface area contributed by atoms with Gasteiger partial charge in [0.1, 0.15) is 0 Å². The van der Waals surface area contributed by atoms with E-state index < -0.39 is 0 Å². The van der Waals surface area contributed by atoms with Gasteiger partial charge in [0.2, 0.25) is 5.96 Å². The normalized spacial score (nSPS) is 31.3. The van der Waals surface area contributed by atoms with Crippen molar-refractivity contribution in [3.8, 4) is 0 Å². The van der Waals surface area contributed by atoms with Crippen LogP contribution in [0.1, 0.15) is 34.1 Å². The van der Waals surface area contributed by atoms with Gasteiger partial charge >= 0.3 is 0 Å². The largest absolute Gasteiger partial charge is 0.382 e. The highest BCUT2D eigenvalue weighted by Crippen LogP contribution is 2.26. The average molecular weight is 256 g/mol. The van der Waals surface area contributed by atoms with Crippen molar-refractivity contribution in [1.82, 2.24) is 10.3 Å². The van der Waals surface area contributed by atoms with E-state index in [9.17, 15) is 0 Å². The van der Waals surface area contributed by atoms with Gasteiger partial charge in [0, 0.05) is 19.7 Å². The van der Waals surface area contributed by atoms with Crippen LogP contribution in [-0.2, 0) is 4.74 Å². The molecule has 3 N–H and O–H groups in total. The molecule has 1 heterocycles. The Balaban J connectivity index is 2.79. The van der Waals surface area contributed by atoms with E-state index in [1.807, 2.05) is 6.92 Å². The molecule has 1 saturated heterocycles. The minimum absolute atomic E-state index is 0.112. The lowest BCUT2D eigenvalue weighted by atomic mass is 9.86. The summed E-state index contributed by atoms with van der Waals surface area (Å²) in [6, 6.07) is 0.575. The molecule has 1 aliphatic heterocycles. The summed E-state index contributed by atoms with van der Waals surface area (Å²) in [7, 11) is 1.69. The molecule has 1 aliphatic rings. The van der Waals surface area contributed by atoms with Gasteiger partial charge in [0.25, 0.3) is 0 Å². The Labute approximate surface area is 111 Å². The summed E-state index contributed by atoms with van der Waals surface area (Å²) >= 11 is 0. The number of aliphatic imine (C=N–C) groups is 1. The van der Waals surface area contributed by atoms with Crippen LogP contribution in [0.4, 0.5) is 0 Å². The van der Waals surface area contributed by atoms with Crippen molar-refractivity contribution in [1.29, 1.82) is 0 Å². The number of nitrogens with one attached hydrogen (secondary N) is 1. The molecule has 0 aromatic carbocycles. The lowest BCUT2D eigenvalue weighted by molar-refractivity contribution is 0.140. The van der Waals surface area contributed by atoms with E-state index in [2.05, 4.69) is 36.1 Å². The van der Waals surface area contributed by atoms with Crippen molar-refractivity contribution >= 4 is 5.96 Å². The molecule has 0 radical (unpaired) electrons. The fourth-order valence-corrected chi connectivity index (χ4v) is 2.68. The number of ether oxygens (including phenoxy) is 1. The number of piperidine rings is 1. The van der Waals surface area contributed by atoms with Gasteiger partial charge in [-0.15, -0.1) is 0 Å². The first-order valence-corrected chi connectivity index (χ1v) is 6.79. The van der Waals surface area contributed by atoms with Gasteiger partial charge in [-0.2, -0.15) is 0 Å². The highest BCUT2D eigenvalue weighted by Gasteiger charge is 2.30. The number of methoxy groups -OCH3 is 1. The van der Waals surface area contributed by atoms with Gasteiger partial charge in [-0.25, -0.2) is 10.8 Å². The fraction of sp³-hybridized carbons (Fsp3) is 0.923. The number of hydrogen-bond donors (Lipinski definition) is 2.